The van der Waals surface area contributed by atoms with Crippen molar-refractivity contribution in [3.8, 4) is 33.2 Å². The highest BCUT2D eigenvalue weighted by Crippen LogP contribution is 2.34. The number of aromatic amines is 1. The van der Waals surface area contributed by atoms with Gasteiger partial charge in [0.15, 0.2) is 0 Å². The number of hydrogen-bond donors (Lipinski definition) is 1. The number of nitrogens with zero attached hydrogens (tertiary/aromatic N) is 2. The molecule has 1 aromatic carbocycles. The first-order chi connectivity index (χ1) is 11.7. The Balaban J connectivity index is 1.90. The number of imidazole rings is 1. The molecule has 0 bridgehead atoms. The Kier molecular flexibility index (Phi) is 3.70. The lowest BCUT2D eigenvalue weighted by atomic mass is 10.1. The summed E-state index contributed by atoms with van der Waals surface area (Å²) >= 11 is 1.65. The Bertz CT molecular complexity index is 972. The van der Waals surface area contributed by atoms with E-state index in [2.05, 4.69) is 28.3 Å². The molecule has 0 atom stereocenters. The van der Waals surface area contributed by atoms with Crippen molar-refractivity contribution in [1.29, 1.82) is 0 Å². The minimum atomic E-state index is -0.256. The van der Waals surface area contributed by atoms with Crippen LogP contribution in [0.3, 0.4) is 0 Å². The van der Waals surface area contributed by atoms with Crippen LogP contribution in [-0.4, -0.2) is 15.0 Å². The lowest BCUT2D eigenvalue weighted by Crippen LogP contribution is -1.84. The molecule has 0 aliphatic carbocycles. The van der Waals surface area contributed by atoms with Gasteiger partial charge in [0.05, 0.1) is 16.3 Å². The zero-order valence-corrected chi connectivity index (χ0v) is 13.8. The van der Waals surface area contributed by atoms with E-state index in [1.54, 1.807) is 35.9 Å². The molecular weight excluding hydrogens is 321 g/mol. The van der Waals surface area contributed by atoms with Gasteiger partial charge in [-0.05, 0) is 60.3 Å². The second-order valence-electron chi connectivity index (χ2n) is 5.54. The van der Waals surface area contributed by atoms with Gasteiger partial charge in [-0.25, -0.2) is 9.37 Å². The molecule has 0 amide bonds. The van der Waals surface area contributed by atoms with Gasteiger partial charge in [0.1, 0.15) is 11.6 Å². The molecule has 0 fully saturated rings. The third-order valence-corrected chi connectivity index (χ3v) is 4.81. The van der Waals surface area contributed by atoms with Crippen LogP contribution in [0, 0.1) is 12.7 Å². The average molecular weight is 335 g/mol. The van der Waals surface area contributed by atoms with Crippen LogP contribution in [0.5, 0.6) is 0 Å². The van der Waals surface area contributed by atoms with Crippen LogP contribution in [0.4, 0.5) is 4.39 Å². The van der Waals surface area contributed by atoms with E-state index < -0.39 is 0 Å². The number of pyridine rings is 1. The topological polar surface area (TPSA) is 41.6 Å². The minimum absolute atomic E-state index is 0.256. The van der Waals surface area contributed by atoms with Crippen molar-refractivity contribution in [1.82, 2.24) is 15.0 Å². The Morgan fingerprint density at radius 3 is 2.42 bits per heavy atom. The fourth-order valence-corrected chi connectivity index (χ4v) is 3.43. The molecule has 118 valence electrons. The highest BCUT2D eigenvalue weighted by atomic mass is 32.1. The summed E-state index contributed by atoms with van der Waals surface area (Å²) in [5, 5.41) is 2.10. The van der Waals surface area contributed by atoms with E-state index in [0.29, 0.717) is 0 Å². The van der Waals surface area contributed by atoms with Gasteiger partial charge in [0.25, 0.3) is 0 Å². The number of thiophene rings is 1. The van der Waals surface area contributed by atoms with E-state index in [4.69, 9.17) is 4.98 Å². The number of halogens is 1. The molecule has 3 nitrogen and oxygen atoms in total. The number of aromatic nitrogens is 3. The normalized spacial score (nSPS) is 10.9. The molecule has 0 aliphatic rings. The fraction of sp³-hybridized carbons (Fsp3) is 0.0526. The number of benzene rings is 1. The number of hydrogen-bond acceptors (Lipinski definition) is 3. The van der Waals surface area contributed by atoms with E-state index in [0.717, 1.165) is 33.2 Å². The smallest absolute Gasteiger partial charge is 0.148 e. The Hall–Kier alpha value is -2.79. The summed E-state index contributed by atoms with van der Waals surface area (Å²) in [6, 6.07) is 12.4. The maximum Gasteiger partial charge on any atom is 0.148 e. The van der Waals surface area contributed by atoms with Crippen LogP contribution < -0.4 is 0 Å². The molecule has 3 aromatic heterocycles. The third kappa shape index (κ3) is 2.74. The third-order valence-electron chi connectivity index (χ3n) is 3.75. The first kappa shape index (κ1) is 14.8. The number of nitrogens with one attached hydrogen (secondary N) is 1. The largest absolute Gasteiger partial charge is 0.337 e. The summed E-state index contributed by atoms with van der Waals surface area (Å²) in [7, 11) is 0. The van der Waals surface area contributed by atoms with Crippen LogP contribution in [0.2, 0.25) is 0 Å². The van der Waals surface area contributed by atoms with Crippen LogP contribution in [-0.2, 0) is 0 Å². The van der Waals surface area contributed by atoms with Gasteiger partial charge in [-0.2, -0.15) is 0 Å². The van der Waals surface area contributed by atoms with E-state index in [1.165, 1.54) is 17.7 Å². The molecule has 0 saturated carbocycles. The molecule has 24 heavy (non-hydrogen) atoms. The van der Waals surface area contributed by atoms with Crippen molar-refractivity contribution in [2.75, 3.05) is 0 Å². The maximum atomic E-state index is 13.3. The van der Waals surface area contributed by atoms with Crippen LogP contribution in [0.25, 0.3) is 33.2 Å². The van der Waals surface area contributed by atoms with E-state index in [9.17, 15) is 4.39 Å². The van der Waals surface area contributed by atoms with E-state index in [1.807, 2.05) is 12.1 Å². The summed E-state index contributed by atoms with van der Waals surface area (Å²) in [6.07, 6.45) is 3.50. The summed E-state index contributed by atoms with van der Waals surface area (Å²) in [6.45, 7) is 2.06. The minimum Gasteiger partial charge on any atom is -0.337 e. The van der Waals surface area contributed by atoms with Gasteiger partial charge in [0, 0.05) is 23.5 Å². The highest BCUT2D eigenvalue weighted by molar-refractivity contribution is 7.13. The second-order valence-corrected chi connectivity index (χ2v) is 6.45. The van der Waals surface area contributed by atoms with Crippen LogP contribution >= 0.6 is 11.3 Å². The fourth-order valence-electron chi connectivity index (χ4n) is 2.59. The van der Waals surface area contributed by atoms with E-state index >= 15 is 0 Å². The Morgan fingerprint density at radius 2 is 1.75 bits per heavy atom. The van der Waals surface area contributed by atoms with Crippen LogP contribution in [0.1, 0.15) is 5.56 Å². The second kappa shape index (κ2) is 6.02. The monoisotopic (exact) mass is 335 g/mol. The number of rotatable bonds is 3. The lowest BCUT2D eigenvalue weighted by molar-refractivity contribution is 0.628. The zero-order valence-electron chi connectivity index (χ0n) is 13.0. The van der Waals surface area contributed by atoms with Gasteiger partial charge in [-0.15, -0.1) is 11.3 Å². The summed E-state index contributed by atoms with van der Waals surface area (Å²) in [4.78, 5) is 13.4. The highest BCUT2D eigenvalue weighted by Gasteiger charge is 2.16. The molecule has 4 rings (SSSR count). The quantitative estimate of drug-likeness (QED) is 0.551. The SMILES string of the molecule is Cc1csc(-c2nc(-c3ccc(F)cc3)c(-c3ccncc3)[nH]2)c1. The molecule has 0 unspecified atom stereocenters. The number of aryl methyl sites for hydroxylation is 1. The maximum absolute atomic E-state index is 13.3. The van der Waals surface area contributed by atoms with Crippen molar-refractivity contribution in [2.45, 2.75) is 6.92 Å². The Morgan fingerprint density at radius 1 is 1.00 bits per heavy atom. The molecule has 4 aromatic rings. The standard InChI is InChI=1S/C19H14FN3S/c1-12-10-16(24-11-12)19-22-17(13-2-4-15(20)5-3-13)18(23-19)14-6-8-21-9-7-14/h2-11H,1H3,(H,22,23). The average Bonchev–Trinajstić information content (AvgIpc) is 3.23. The van der Waals surface area contributed by atoms with Crippen molar-refractivity contribution in [2.24, 2.45) is 0 Å². The first-order valence-electron chi connectivity index (χ1n) is 7.52. The molecule has 1 N–H and O–H groups in total. The predicted octanol–water partition coefficient (Wildman–Crippen LogP) is 5.31. The van der Waals surface area contributed by atoms with Crippen molar-refractivity contribution in [3.05, 3.63) is 71.6 Å². The number of H-pyrrole nitrogens is 1. The summed E-state index contributed by atoms with van der Waals surface area (Å²) < 4.78 is 13.3. The van der Waals surface area contributed by atoms with Crippen molar-refractivity contribution in [3.63, 3.8) is 0 Å². The lowest BCUT2D eigenvalue weighted by Gasteiger charge is -2.02. The molecular formula is C19H14FN3S. The van der Waals surface area contributed by atoms with Crippen LogP contribution in [0.15, 0.2) is 60.2 Å². The molecule has 0 aliphatic heterocycles. The molecule has 0 radical (unpaired) electrons. The van der Waals surface area contributed by atoms with Gasteiger partial charge in [0.2, 0.25) is 0 Å². The van der Waals surface area contributed by atoms with Gasteiger partial charge in [-0.3, -0.25) is 4.98 Å². The molecule has 0 saturated heterocycles. The van der Waals surface area contributed by atoms with Crippen molar-refractivity contribution < 1.29 is 4.39 Å². The van der Waals surface area contributed by atoms with Gasteiger partial charge in [-0.1, -0.05) is 0 Å². The summed E-state index contributed by atoms with van der Waals surface area (Å²) in [5.74, 6) is 0.563. The predicted molar refractivity (Wildman–Crippen MR) is 95.3 cm³/mol. The van der Waals surface area contributed by atoms with Crippen molar-refractivity contribution >= 4 is 11.3 Å². The first-order valence-corrected chi connectivity index (χ1v) is 8.40. The zero-order chi connectivity index (χ0) is 16.5. The molecule has 3 heterocycles. The van der Waals surface area contributed by atoms with Gasteiger partial charge < -0.3 is 4.98 Å². The molecule has 0 spiro atoms. The summed E-state index contributed by atoms with van der Waals surface area (Å²) in [5.41, 5.74) is 4.79. The Labute approximate surface area is 142 Å². The van der Waals surface area contributed by atoms with E-state index in [-0.39, 0.29) is 5.82 Å². The molecule has 5 heteroatoms. The van der Waals surface area contributed by atoms with Gasteiger partial charge >= 0.3 is 0 Å².